The van der Waals surface area contributed by atoms with Crippen molar-refractivity contribution in [1.82, 2.24) is 0 Å². The number of halogens is 4. The van der Waals surface area contributed by atoms with Gasteiger partial charge in [0.2, 0.25) is 0 Å². The highest BCUT2D eigenvalue weighted by atomic mass is 32.2. The Morgan fingerprint density at radius 1 is 1.15 bits per heavy atom. The van der Waals surface area contributed by atoms with Gasteiger partial charge >= 0.3 is 6.18 Å². The molecule has 0 aliphatic heterocycles. The smallest absolute Gasteiger partial charge is 0.223 e. The maximum Gasteiger partial charge on any atom is 0.425 e. The Balaban J connectivity index is 2.27. The van der Waals surface area contributed by atoms with Gasteiger partial charge in [-0.05, 0) is 35.2 Å². The third-order valence-corrected chi connectivity index (χ3v) is 5.15. The Hall–Kier alpha value is -1.41. The van der Waals surface area contributed by atoms with E-state index in [1.807, 2.05) is 0 Å². The van der Waals surface area contributed by atoms with Crippen LogP contribution in [0, 0.1) is 5.82 Å². The average Bonchev–Trinajstić information content (AvgIpc) is 2.76. The number of alkyl halides is 3. The Labute approximate surface area is 116 Å². The summed E-state index contributed by atoms with van der Waals surface area (Å²) in [6.45, 7) is 0. The quantitative estimate of drug-likeness (QED) is 0.803. The molecular weight excluding hydrogens is 316 g/mol. The molecule has 2 rings (SSSR count). The van der Waals surface area contributed by atoms with Crippen LogP contribution < -0.4 is 0 Å². The minimum absolute atomic E-state index is 0.0339. The van der Waals surface area contributed by atoms with Crippen molar-refractivity contribution in [3.8, 4) is 0 Å². The molecule has 0 bridgehead atoms. The topological polar surface area (TPSA) is 34.1 Å². The molecule has 0 atom stereocenters. The second-order valence-corrected chi connectivity index (χ2v) is 6.93. The zero-order chi connectivity index (χ0) is 15.0. The Morgan fingerprint density at radius 2 is 1.85 bits per heavy atom. The van der Waals surface area contributed by atoms with Gasteiger partial charge in [0, 0.05) is 0 Å². The molecule has 0 radical (unpaired) electrons. The van der Waals surface area contributed by atoms with Gasteiger partial charge in [0.25, 0.3) is 0 Å². The fourth-order valence-electron chi connectivity index (χ4n) is 1.56. The first-order valence-corrected chi connectivity index (χ1v) is 7.84. The summed E-state index contributed by atoms with van der Waals surface area (Å²) in [4.78, 5) is -1.11. The highest BCUT2D eigenvalue weighted by Crippen LogP contribution is 2.34. The van der Waals surface area contributed by atoms with Crippen LogP contribution in [0.15, 0.2) is 40.6 Å². The van der Waals surface area contributed by atoms with Crippen LogP contribution in [0.25, 0.3) is 0 Å². The molecule has 108 valence electrons. The van der Waals surface area contributed by atoms with Crippen molar-refractivity contribution in [1.29, 1.82) is 0 Å². The van der Waals surface area contributed by atoms with Gasteiger partial charge in [-0.1, -0.05) is 6.07 Å². The van der Waals surface area contributed by atoms with Gasteiger partial charge < -0.3 is 0 Å². The number of rotatable bonds is 3. The summed E-state index contributed by atoms with van der Waals surface area (Å²) in [5, 5.41) is 1.14. The summed E-state index contributed by atoms with van der Waals surface area (Å²) in [6, 6.07) is 5.16. The zero-order valence-corrected chi connectivity index (χ0v) is 11.4. The zero-order valence-electron chi connectivity index (χ0n) is 9.82. The number of sulfone groups is 1. The van der Waals surface area contributed by atoms with Crippen molar-refractivity contribution >= 4 is 21.2 Å². The first-order chi connectivity index (χ1) is 9.18. The van der Waals surface area contributed by atoms with Crippen LogP contribution in [0.4, 0.5) is 17.6 Å². The van der Waals surface area contributed by atoms with Gasteiger partial charge in [-0.25, -0.2) is 12.8 Å². The lowest BCUT2D eigenvalue weighted by atomic mass is 10.3. The fourth-order valence-corrected chi connectivity index (χ4v) is 3.80. The number of benzene rings is 1. The van der Waals surface area contributed by atoms with Crippen LogP contribution in [0.1, 0.15) is 10.4 Å². The Morgan fingerprint density at radius 3 is 2.40 bits per heavy atom. The first kappa shape index (κ1) is 15.0. The van der Waals surface area contributed by atoms with Crippen LogP contribution >= 0.6 is 11.3 Å². The normalized spacial score (nSPS) is 12.6. The number of hydrogen-bond acceptors (Lipinski definition) is 3. The molecule has 2 nitrogen and oxygen atoms in total. The van der Waals surface area contributed by atoms with Gasteiger partial charge in [-0.2, -0.15) is 13.2 Å². The lowest BCUT2D eigenvalue weighted by molar-refractivity contribution is -0.134. The van der Waals surface area contributed by atoms with Crippen LogP contribution in [0.2, 0.25) is 0 Å². The molecule has 1 heterocycles. The molecule has 0 fully saturated rings. The van der Waals surface area contributed by atoms with E-state index in [1.165, 1.54) is 12.1 Å². The van der Waals surface area contributed by atoms with E-state index in [1.54, 1.807) is 0 Å². The summed E-state index contributed by atoms with van der Waals surface area (Å²) in [5.74, 6) is -1.31. The first-order valence-electron chi connectivity index (χ1n) is 5.31. The molecule has 20 heavy (non-hydrogen) atoms. The van der Waals surface area contributed by atoms with Gasteiger partial charge in [0.1, 0.15) is 10.7 Å². The maximum absolute atomic E-state index is 13.0. The molecule has 2 aromatic rings. The van der Waals surface area contributed by atoms with Crippen LogP contribution in [-0.2, 0) is 21.8 Å². The lowest BCUT2D eigenvalue weighted by Gasteiger charge is -2.03. The molecule has 0 N–H and O–H groups in total. The second kappa shape index (κ2) is 5.17. The summed E-state index contributed by atoms with van der Waals surface area (Å²) in [7, 11) is -3.87. The van der Waals surface area contributed by atoms with Crippen molar-refractivity contribution in [3.63, 3.8) is 0 Å². The molecule has 0 unspecified atom stereocenters. The minimum Gasteiger partial charge on any atom is -0.223 e. The summed E-state index contributed by atoms with van der Waals surface area (Å²) < 4.78 is 74.2. The Kier molecular flexibility index (Phi) is 3.88. The predicted octanol–water partition coefficient (Wildman–Crippen LogP) is 3.88. The van der Waals surface area contributed by atoms with Gasteiger partial charge in [0.15, 0.2) is 9.84 Å². The van der Waals surface area contributed by atoms with Crippen LogP contribution in [0.5, 0.6) is 0 Å². The number of thiophene rings is 1. The van der Waals surface area contributed by atoms with Gasteiger partial charge in [-0.15, -0.1) is 11.3 Å². The average molecular weight is 324 g/mol. The molecule has 8 heteroatoms. The van der Waals surface area contributed by atoms with Gasteiger partial charge in [-0.3, -0.25) is 0 Å². The Bertz CT molecular complexity index is 717. The van der Waals surface area contributed by atoms with Gasteiger partial charge in [0.05, 0.1) is 10.6 Å². The molecule has 0 amide bonds. The van der Waals surface area contributed by atoms with Crippen molar-refractivity contribution in [3.05, 3.63) is 52.0 Å². The van der Waals surface area contributed by atoms with E-state index in [2.05, 4.69) is 0 Å². The molecule has 1 aromatic heterocycles. The molecule has 0 aliphatic rings. The maximum atomic E-state index is 13.0. The predicted molar refractivity (Wildman–Crippen MR) is 66.6 cm³/mol. The van der Waals surface area contributed by atoms with E-state index >= 15 is 0 Å². The van der Waals surface area contributed by atoms with E-state index in [-0.39, 0.29) is 10.5 Å². The van der Waals surface area contributed by atoms with Crippen molar-refractivity contribution in [2.24, 2.45) is 0 Å². The molecule has 0 aliphatic carbocycles. The van der Waals surface area contributed by atoms with E-state index < -0.39 is 32.5 Å². The summed E-state index contributed by atoms with van der Waals surface area (Å²) in [5.41, 5.74) is 0.0339. The number of hydrogen-bond donors (Lipinski definition) is 0. The van der Waals surface area contributed by atoms with Crippen molar-refractivity contribution < 1.29 is 26.0 Å². The van der Waals surface area contributed by atoms with E-state index in [0.717, 1.165) is 23.6 Å². The summed E-state index contributed by atoms with van der Waals surface area (Å²) >= 11 is 0.432. The molecule has 1 aromatic carbocycles. The van der Waals surface area contributed by atoms with E-state index in [0.29, 0.717) is 11.3 Å². The SMILES string of the molecule is O=S(=O)(Cc1csc(C(F)(F)F)c1)c1cccc(F)c1. The minimum atomic E-state index is -4.49. The third-order valence-electron chi connectivity index (χ3n) is 2.45. The monoisotopic (exact) mass is 324 g/mol. The molecular formula is C12H8F4O2S2. The highest BCUT2D eigenvalue weighted by molar-refractivity contribution is 7.90. The third kappa shape index (κ3) is 3.37. The molecule has 0 saturated carbocycles. The van der Waals surface area contributed by atoms with Crippen LogP contribution in [0.3, 0.4) is 0 Å². The fraction of sp³-hybridized carbons (Fsp3) is 0.167. The second-order valence-electron chi connectivity index (χ2n) is 4.03. The lowest BCUT2D eigenvalue weighted by Crippen LogP contribution is -2.05. The summed E-state index contributed by atoms with van der Waals surface area (Å²) in [6.07, 6.45) is -4.49. The van der Waals surface area contributed by atoms with Crippen molar-refractivity contribution in [2.75, 3.05) is 0 Å². The standard InChI is InChI=1S/C12H8F4O2S2/c13-9-2-1-3-10(5-9)20(17,18)7-8-4-11(19-6-8)12(14,15)16/h1-6H,7H2. The molecule has 0 saturated heterocycles. The van der Waals surface area contributed by atoms with E-state index in [9.17, 15) is 26.0 Å². The molecule has 0 spiro atoms. The van der Waals surface area contributed by atoms with Crippen molar-refractivity contribution in [2.45, 2.75) is 16.8 Å². The highest BCUT2D eigenvalue weighted by Gasteiger charge is 2.32. The van der Waals surface area contributed by atoms with E-state index in [4.69, 9.17) is 0 Å². The van der Waals surface area contributed by atoms with Crippen LogP contribution in [-0.4, -0.2) is 8.42 Å². The largest absolute Gasteiger partial charge is 0.425 e.